The minimum Gasteiger partial charge on any atom is -0.397 e. The molecule has 8 heteroatoms. The van der Waals surface area contributed by atoms with Crippen molar-refractivity contribution in [1.29, 1.82) is 0 Å². The maximum Gasteiger partial charge on any atom is 0.263 e. The molecule has 5 rings (SSSR count). The Labute approximate surface area is 176 Å². The van der Waals surface area contributed by atoms with Crippen LogP contribution in [-0.4, -0.2) is 29.9 Å². The Morgan fingerprint density at radius 2 is 2.10 bits per heavy atom. The Bertz CT molecular complexity index is 1120. The van der Waals surface area contributed by atoms with Gasteiger partial charge < -0.3 is 16.4 Å². The van der Waals surface area contributed by atoms with E-state index in [1.807, 2.05) is 11.4 Å². The van der Waals surface area contributed by atoms with Crippen LogP contribution in [0.25, 0.3) is 20.7 Å². The zero-order chi connectivity index (χ0) is 20.1. The molecule has 1 atom stereocenters. The smallest absolute Gasteiger partial charge is 0.263 e. The minimum atomic E-state index is -0.236. The van der Waals surface area contributed by atoms with E-state index in [1.165, 1.54) is 17.8 Å². The third kappa shape index (κ3) is 2.93. The van der Waals surface area contributed by atoms with Gasteiger partial charge in [0.2, 0.25) is 5.91 Å². The molecule has 4 N–H and O–H groups in total. The number of nitrogen functional groups attached to an aromatic ring is 1. The van der Waals surface area contributed by atoms with Gasteiger partial charge in [-0.15, -0.1) is 22.7 Å². The maximum atomic E-state index is 12.9. The summed E-state index contributed by atoms with van der Waals surface area (Å²) in [6, 6.07) is 4.39. The first-order valence-electron chi connectivity index (χ1n) is 9.89. The van der Waals surface area contributed by atoms with Gasteiger partial charge in [-0.05, 0) is 49.1 Å². The predicted octanol–water partition coefficient (Wildman–Crippen LogP) is 3.67. The molecule has 0 aromatic carbocycles. The van der Waals surface area contributed by atoms with Gasteiger partial charge in [-0.25, -0.2) is 4.98 Å². The zero-order valence-corrected chi connectivity index (χ0v) is 17.7. The lowest BCUT2D eigenvalue weighted by Gasteiger charge is -2.27. The number of fused-ring (bicyclic) bond motifs is 2. The summed E-state index contributed by atoms with van der Waals surface area (Å²) in [5, 5.41) is 8.72. The molecular formula is C21H22N4O2S2. The number of hydrogen-bond donors (Lipinski definition) is 3. The van der Waals surface area contributed by atoms with Gasteiger partial charge in [-0.1, -0.05) is 6.07 Å². The fourth-order valence-electron chi connectivity index (χ4n) is 4.26. The highest BCUT2D eigenvalue weighted by Crippen LogP contribution is 2.47. The number of nitrogens with two attached hydrogens (primary N) is 1. The molecule has 2 amide bonds. The van der Waals surface area contributed by atoms with Crippen molar-refractivity contribution in [2.45, 2.75) is 44.1 Å². The molecule has 3 heterocycles. The second-order valence-corrected chi connectivity index (χ2v) is 9.61. The lowest BCUT2D eigenvalue weighted by molar-refractivity contribution is -0.123. The second-order valence-electron chi connectivity index (χ2n) is 7.66. The predicted molar refractivity (Wildman–Crippen MR) is 118 cm³/mol. The van der Waals surface area contributed by atoms with Gasteiger partial charge >= 0.3 is 0 Å². The van der Waals surface area contributed by atoms with E-state index in [2.05, 4.69) is 16.7 Å². The Hall–Kier alpha value is -2.45. The van der Waals surface area contributed by atoms with E-state index < -0.39 is 0 Å². The molecule has 6 nitrogen and oxygen atoms in total. The fourth-order valence-corrected chi connectivity index (χ4v) is 6.12. The fraction of sp³-hybridized carbons (Fsp3) is 0.381. The molecule has 29 heavy (non-hydrogen) atoms. The molecule has 0 bridgehead atoms. The number of amides is 2. The number of nitrogens with one attached hydrogen (secondary N) is 2. The Kier molecular flexibility index (Phi) is 4.55. The molecule has 0 radical (unpaired) electrons. The standard InChI is InChI=1S/C21H22N4O2S2/c1-23-20(27)18-16(22)15-14(13-6-3-9-28-13)11-7-8-12(17(11)25-21(15)29-18)19(26)24-10-4-2-5-10/h3,6,9-10,12H,2,4-5,7-8,22H2,1H3,(H,23,27)(H,24,26). The van der Waals surface area contributed by atoms with Crippen LogP contribution in [0.3, 0.4) is 0 Å². The van der Waals surface area contributed by atoms with Crippen LogP contribution < -0.4 is 16.4 Å². The number of anilines is 1. The van der Waals surface area contributed by atoms with Crippen LogP contribution in [0.15, 0.2) is 17.5 Å². The van der Waals surface area contributed by atoms with E-state index in [-0.39, 0.29) is 17.7 Å². The highest BCUT2D eigenvalue weighted by atomic mass is 32.1. The average Bonchev–Trinajstić information content (AvgIpc) is 3.42. The summed E-state index contributed by atoms with van der Waals surface area (Å²) in [5.74, 6) is -0.365. The maximum absolute atomic E-state index is 12.9. The molecule has 150 valence electrons. The number of carbonyl (C=O) groups excluding carboxylic acids is 2. The zero-order valence-electron chi connectivity index (χ0n) is 16.1. The quantitative estimate of drug-likeness (QED) is 0.593. The first kappa shape index (κ1) is 18.6. The molecule has 0 aliphatic heterocycles. The largest absolute Gasteiger partial charge is 0.397 e. The van der Waals surface area contributed by atoms with E-state index in [4.69, 9.17) is 10.7 Å². The normalized spacial score (nSPS) is 18.4. The van der Waals surface area contributed by atoms with Crippen molar-refractivity contribution in [1.82, 2.24) is 15.6 Å². The van der Waals surface area contributed by atoms with Crippen molar-refractivity contribution in [3.63, 3.8) is 0 Å². The van der Waals surface area contributed by atoms with E-state index in [9.17, 15) is 9.59 Å². The van der Waals surface area contributed by atoms with Gasteiger partial charge in [-0.3, -0.25) is 9.59 Å². The van der Waals surface area contributed by atoms with Crippen LogP contribution in [0, 0.1) is 0 Å². The Balaban J connectivity index is 1.68. The summed E-state index contributed by atoms with van der Waals surface area (Å²) in [5.41, 5.74) is 9.91. The molecule has 3 aromatic rings. The Morgan fingerprint density at radius 1 is 1.28 bits per heavy atom. The van der Waals surface area contributed by atoms with Gasteiger partial charge in [0.1, 0.15) is 9.71 Å². The highest BCUT2D eigenvalue weighted by molar-refractivity contribution is 7.21. The summed E-state index contributed by atoms with van der Waals surface area (Å²) >= 11 is 2.94. The topological polar surface area (TPSA) is 97.1 Å². The first-order chi connectivity index (χ1) is 14.1. The van der Waals surface area contributed by atoms with Crippen molar-refractivity contribution in [3.05, 3.63) is 33.6 Å². The number of pyridine rings is 1. The monoisotopic (exact) mass is 426 g/mol. The molecule has 1 fully saturated rings. The lowest BCUT2D eigenvalue weighted by Crippen LogP contribution is -2.41. The molecular weight excluding hydrogens is 404 g/mol. The van der Waals surface area contributed by atoms with Gasteiger partial charge in [0, 0.05) is 28.9 Å². The van der Waals surface area contributed by atoms with Crippen molar-refractivity contribution in [2.75, 3.05) is 12.8 Å². The summed E-state index contributed by atoms with van der Waals surface area (Å²) < 4.78 is 0. The number of rotatable bonds is 4. The van der Waals surface area contributed by atoms with Gasteiger partial charge in [0.15, 0.2) is 0 Å². The van der Waals surface area contributed by atoms with Gasteiger partial charge in [0.25, 0.3) is 5.91 Å². The van der Waals surface area contributed by atoms with Crippen LogP contribution in [0.5, 0.6) is 0 Å². The number of carbonyl (C=O) groups is 2. The van der Waals surface area contributed by atoms with Crippen molar-refractivity contribution < 1.29 is 9.59 Å². The van der Waals surface area contributed by atoms with Crippen molar-refractivity contribution in [2.24, 2.45) is 0 Å². The van der Waals surface area contributed by atoms with Crippen LogP contribution in [-0.2, 0) is 11.2 Å². The molecule has 1 unspecified atom stereocenters. The summed E-state index contributed by atoms with van der Waals surface area (Å²) in [4.78, 5) is 32.4. The van der Waals surface area contributed by atoms with Gasteiger partial charge in [0.05, 0.1) is 17.3 Å². The third-order valence-electron chi connectivity index (χ3n) is 5.99. The molecule has 1 saturated carbocycles. The molecule has 2 aliphatic carbocycles. The first-order valence-corrected chi connectivity index (χ1v) is 11.6. The summed E-state index contributed by atoms with van der Waals surface area (Å²) in [6.45, 7) is 0. The Morgan fingerprint density at radius 3 is 2.76 bits per heavy atom. The SMILES string of the molecule is CNC(=O)c1sc2nc3c(c(-c4cccs4)c2c1N)CCC3C(=O)NC1CCC1. The van der Waals surface area contributed by atoms with E-state index >= 15 is 0 Å². The minimum absolute atomic E-state index is 0.0773. The van der Waals surface area contributed by atoms with E-state index in [0.717, 1.165) is 57.6 Å². The molecule has 3 aromatic heterocycles. The molecule has 0 saturated heterocycles. The van der Waals surface area contributed by atoms with Gasteiger partial charge in [-0.2, -0.15) is 0 Å². The second kappa shape index (κ2) is 7.11. The van der Waals surface area contributed by atoms with Crippen molar-refractivity contribution in [3.8, 4) is 10.4 Å². The highest BCUT2D eigenvalue weighted by Gasteiger charge is 2.36. The number of aromatic nitrogens is 1. The summed E-state index contributed by atoms with van der Waals surface area (Å²) in [6.07, 6.45) is 4.87. The third-order valence-corrected chi connectivity index (χ3v) is 7.98. The van der Waals surface area contributed by atoms with Crippen LogP contribution >= 0.6 is 22.7 Å². The molecule has 0 spiro atoms. The van der Waals surface area contributed by atoms with E-state index in [1.54, 1.807) is 18.4 Å². The average molecular weight is 427 g/mol. The lowest BCUT2D eigenvalue weighted by atomic mass is 9.92. The number of thiophene rings is 2. The number of hydrogen-bond acceptors (Lipinski definition) is 6. The van der Waals surface area contributed by atoms with Crippen LogP contribution in [0.4, 0.5) is 5.69 Å². The summed E-state index contributed by atoms with van der Waals surface area (Å²) in [7, 11) is 1.60. The van der Waals surface area contributed by atoms with Crippen molar-refractivity contribution >= 4 is 50.4 Å². The van der Waals surface area contributed by atoms with E-state index in [0.29, 0.717) is 16.6 Å². The van der Waals surface area contributed by atoms with Crippen LogP contribution in [0.1, 0.15) is 52.5 Å². The van der Waals surface area contributed by atoms with Crippen LogP contribution in [0.2, 0.25) is 0 Å². The number of nitrogens with zero attached hydrogens (tertiary/aromatic N) is 1. The molecule has 2 aliphatic rings.